The molecule has 1 amide bonds. The summed E-state index contributed by atoms with van der Waals surface area (Å²) in [5.74, 6) is -0.263. The van der Waals surface area contributed by atoms with Crippen LogP contribution in [0.5, 0.6) is 0 Å². The van der Waals surface area contributed by atoms with Crippen LogP contribution in [0.2, 0.25) is 5.02 Å². The van der Waals surface area contributed by atoms with Gasteiger partial charge in [0.1, 0.15) is 5.82 Å². The Morgan fingerprint density at radius 1 is 1.50 bits per heavy atom. The minimum absolute atomic E-state index is 0.0333. The molecule has 1 atom stereocenters. The molecule has 1 aromatic heterocycles. The van der Waals surface area contributed by atoms with E-state index < -0.39 is 5.82 Å². The van der Waals surface area contributed by atoms with Gasteiger partial charge in [-0.05, 0) is 30.9 Å². The molecule has 128 valence electrons. The monoisotopic (exact) mass is 367 g/mol. The first-order valence-corrected chi connectivity index (χ1v) is 9.23. The van der Waals surface area contributed by atoms with Crippen LogP contribution >= 0.6 is 22.9 Å². The summed E-state index contributed by atoms with van der Waals surface area (Å²) in [6.07, 6.45) is 3.93. The number of halogens is 2. The number of carbonyl (C=O) groups excluding carboxylic acids is 1. The van der Waals surface area contributed by atoms with Crippen molar-refractivity contribution in [2.24, 2.45) is 5.92 Å². The summed E-state index contributed by atoms with van der Waals surface area (Å²) in [6.45, 7) is 2.48. The molecule has 2 aromatic rings. The van der Waals surface area contributed by atoms with E-state index >= 15 is 0 Å². The predicted molar refractivity (Wildman–Crippen MR) is 95.2 cm³/mol. The zero-order valence-electron chi connectivity index (χ0n) is 13.2. The Morgan fingerprint density at radius 3 is 3.12 bits per heavy atom. The van der Waals surface area contributed by atoms with Gasteiger partial charge in [-0.15, -0.1) is 11.3 Å². The highest BCUT2D eigenvalue weighted by Crippen LogP contribution is 2.24. The second kappa shape index (κ2) is 7.94. The van der Waals surface area contributed by atoms with E-state index in [0.717, 1.165) is 31.1 Å². The van der Waals surface area contributed by atoms with Crippen LogP contribution in [0.15, 0.2) is 29.8 Å². The van der Waals surface area contributed by atoms with E-state index in [9.17, 15) is 9.18 Å². The van der Waals surface area contributed by atoms with E-state index in [0.29, 0.717) is 12.5 Å². The molecule has 0 bridgehead atoms. The van der Waals surface area contributed by atoms with E-state index in [1.807, 2.05) is 11.6 Å². The van der Waals surface area contributed by atoms with Crippen molar-refractivity contribution < 1.29 is 9.18 Å². The first kappa shape index (κ1) is 17.2. The van der Waals surface area contributed by atoms with Gasteiger partial charge in [0.05, 0.1) is 6.42 Å². The number of rotatable bonds is 5. The lowest BCUT2D eigenvalue weighted by molar-refractivity contribution is -0.120. The summed E-state index contributed by atoms with van der Waals surface area (Å²) in [6, 6.07) is 4.45. The fraction of sp³-hybridized carbons (Fsp3) is 0.412. The lowest BCUT2D eigenvalue weighted by atomic mass is 9.98. The molecule has 1 aromatic carbocycles. The second-order valence-corrected chi connectivity index (χ2v) is 7.23. The Kier molecular flexibility index (Phi) is 5.68. The van der Waals surface area contributed by atoms with Crippen molar-refractivity contribution in [3.05, 3.63) is 46.2 Å². The van der Waals surface area contributed by atoms with E-state index in [2.05, 4.69) is 15.2 Å². The van der Waals surface area contributed by atoms with Crippen molar-refractivity contribution in [1.29, 1.82) is 0 Å². The Morgan fingerprint density at radius 2 is 2.38 bits per heavy atom. The van der Waals surface area contributed by atoms with Crippen LogP contribution in [0.25, 0.3) is 0 Å². The van der Waals surface area contributed by atoms with Crippen molar-refractivity contribution >= 4 is 34.0 Å². The van der Waals surface area contributed by atoms with Crippen molar-refractivity contribution in [2.45, 2.75) is 19.3 Å². The number of carbonyl (C=O) groups is 1. The van der Waals surface area contributed by atoms with Crippen LogP contribution < -0.4 is 10.2 Å². The Hall–Kier alpha value is -1.66. The Balaban J connectivity index is 1.51. The normalized spacial score (nSPS) is 17.8. The number of hydrogen-bond donors (Lipinski definition) is 1. The van der Waals surface area contributed by atoms with Gasteiger partial charge < -0.3 is 10.2 Å². The van der Waals surface area contributed by atoms with Gasteiger partial charge in [0.2, 0.25) is 5.91 Å². The molecule has 1 fully saturated rings. The minimum atomic E-state index is -0.440. The molecule has 2 heterocycles. The van der Waals surface area contributed by atoms with Crippen LogP contribution in [0.3, 0.4) is 0 Å². The van der Waals surface area contributed by atoms with Gasteiger partial charge in [-0.25, -0.2) is 9.37 Å². The van der Waals surface area contributed by atoms with Gasteiger partial charge in [0.15, 0.2) is 5.13 Å². The fourth-order valence-corrected chi connectivity index (χ4v) is 3.87. The number of amides is 1. The summed E-state index contributed by atoms with van der Waals surface area (Å²) in [5.41, 5.74) is 0.254. The van der Waals surface area contributed by atoms with Gasteiger partial charge in [-0.1, -0.05) is 17.7 Å². The molecule has 4 nitrogen and oxygen atoms in total. The lowest BCUT2D eigenvalue weighted by Crippen LogP contribution is -2.41. The zero-order valence-corrected chi connectivity index (χ0v) is 14.7. The van der Waals surface area contributed by atoms with Gasteiger partial charge in [-0.3, -0.25) is 4.79 Å². The van der Waals surface area contributed by atoms with Crippen molar-refractivity contribution in [3.8, 4) is 0 Å². The smallest absolute Gasteiger partial charge is 0.224 e. The fourth-order valence-electron chi connectivity index (χ4n) is 2.96. The van der Waals surface area contributed by atoms with Crippen LogP contribution in [0, 0.1) is 11.7 Å². The molecular weight excluding hydrogens is 349 g/mol. The first-order chi connectivity index (χ1) is 11.6. The number of piperidine rings is 1. The largest absolute Gasteiger partial charge is 0.355 e. The quantitative estimate of drug-likeness (QED) is 0.879. The molecule has 0 radical (unpaired) electrons. The van der Waals surface area contributed by atoms with Gasteiger partial charge in [0.25, 0.3) is 0 Å². The minimum Gasteiger partial charge on any atom is -0.355 e. The number of hydrogen-bond acceptors (Lipinski definition) is 4. The molecule has 1 aliphatic rings. The number of benzene rings is 1. The number of nitrogens with one attached hydrogen (secondary N) is 1. The number of aromatic nitrogens is 1. The van der Waals surface area contributed by atoms with E-state index in [4.69, 9.17) is 11.6 Å². The van der Waals surface area contributed by atoms with E-state index in [-0.39, 0.29) is 22.9 Å². The molecule has 7 heteroatoms. The molecule has 1 aliphatic heterocycles. The number of nitrogens with zero attached hydrogens (tertiary/aromatic N) is 2. The number of thiazole rings is 1. The van der Waals surface area contributed by atoms with Gasteiger partial charge in [0, 0.05) is 41.8 Å². The number of anilines is 1. The maximum atomic E-state index is 13.7. The first-order valence-electron chi connectivity index (χ1n) is 7.97. The average Bonchev–Trinajstić information content (AvgIpc) is 3.11. The highest BCUT2D eigenvalue weighted by atomic mass is 35.5. The van der Waals surface area contributed by atoms with Crippen LogP contribution in [0.1, 0.15) is 18.4 Å². The summed E-state index contributed by atoms with van der Waals surface area (Å²) in [5, 5.41) is 6.21. The summed E-state index contributed by atoms with van der Waals surface area (Å²) in [4.78, 5) is 18.7. The topological polar surface area (TPSA) is 45.2 Å². The molecule has 24 heavy (non-hydrogen) atoms. The van der Waals surface area contributed by atoms with E-state index in [1.165, 1.54) is 12.1 Å². The molecule has 0 saturated carbocycles. The van der Waals surface area contributed by atoms with E-state index in [1.54, 1.807) is 17.4 Å². The van der Waals surface area contributed by atoms with Crippen molar-refractivity contribution in [3.63, 3.8) is 0 Å². The van der Waals surface area contributed by atoms with Crippen LogP contribution in [-0.4, -0.2) is 30.5 Å². The SMILES string of the molecule is O=C(Cc1c(F)cccc1Cl)NC[C@@H]1CCCN(c2nccs2)C1. The van der Waals surface area contributed by atoms with Crippen LogP contribution in [-0.2, 0) is 11.2 Å². The molecule has 1 N–H and O–H groups in total. The summed E-state index contributed by atoms with van der Waals surface area (Å²) >= 11 is 7.60. The molecular formula is C17H19ClFN3OS. The third kappa shape index (κ3) is 4.24. The maximum Gasteiger partial charge on any atom is 0.224 e. The third-order valence-corrected chi connectivity index (χ3v) is 5.38. The van der Waals surface area contributed by atoms with Gasteiger partial charge >= 0.3 is 0 Å². The third-order valence-electron chi connectivity index (χ3n) is 4.20. The highest BCUT2D eigenvalue weighted by molar-refractivity contribution is 7.13. The molecule has 3 rings (SSSR count). The standard InChI is InChI=1S/C17H19ClFN3OS/c18-14-4-1-5-15(19)13(14)9-16(23)21-10-12-3-2-7-22(11-12)17-20-6-8-24-17/h1,4-6,8,12H,2-3,7,9-11H2,(H,21,23)/t12-/m0/s1. The maximum absolute atomic E-state index is 13.7. The molecule has 0 spiro atoms. The summed E-state index contributed by atoms with van der Waals surface area (Å²) < 4.78 is 13.7. The highest BCUT2D eigenvalue weighted by Gasteiger charge is 2.22. The lowest BCUT2D eigenvalue weighted by Gasteiger charge is -2.32. The second-order valence-electron chi connectivity index (χ2n) is 5.95. The molecule has 0 unspecified atom stereocenters. The average molecular weight is 368 g/mol. The van der Waals surface area contributed by atoms with Crippen LogP contribution in [0.4, 0.5) is 9.52 Å². The molecule has 1 saturated heterocycles. The van der Waals surface area contributed by atoms with Gasteiger partial charge in [-0.2, -0.15) is 0 Å². The van der Waals surface area contributed by atoms with Crippen molar-refractivity contribution in [1.82, 2.24) is 10.3 Å². The Labute approximate surface area is 149 Å². The van der Waals surface area contributed by atoms with Crippen molar-refractivity contribution in [2.75, 3.05) is 24.5 Å². The Bertz CT molecular complexity index is 675. The predicted octanol–water partition coefficient (Wildman–Crippen LogP) is 3.51. The summed E-state index contributed by atoms with van der Waals surface area (Å²) in [7, 11) is 0. The molecule has 0 aliphatic carbocycles. The zero-order chi connectivity index (χ0) is 16.9.